The average Bonchev–Trinajstić information content (AvgIpc) is 3.07. The van der Waals surface area contributed by atoms with E-state index in [-0.39, 0.29) is 35.6 Å². The number of methoxy groups -OCH3 is 2. The van der Waals surface area contributed by atoms with Crippen LogP contribution in [0.15, 0.2) is 18.2 Å². The highest BCUT2D eigenvalue weighted by atomic mass is 32.1. The van der Waals surface area contributed by atoms with E-state index in [1.165, 1.54) is 26.4 Å². The minimum Gasteiger partial charge on any atom is -0.497 e. The lowest BCUT2D eigenvalue weighted by Gasteiger charge is -2.26. The number of rotatable bonds is 4. The Kier molecular flexibility index (Phi) is 6.26. The molecule has 0 saturated carbocycles. The molecule has 0 aliphatic carbocycles. The van der Waals surface area contributed by atoms with Crippen molar-refractivity contribution in [2.75, 3.05) is 26.1 Å². The van der Waals surface area contributed by atoms with Gasteiger partial charge in [-0.15, -0.1) is 24.5 Å². The number of thiophene rings is 1. The Labute approximate surface area is 178 Å². The minimum atomic E-state index is -5.08. The van der Waals surface area contributed by atoms with Crippen molar-refractivity contribution in [1.29, 1.82) is 5.26 Å². The van der Waals surface area contributed by atoms with E-state index in [0.29, 0.717) is 21.9 Å². The number of anilines is 1. The van der Waals surface area contributed by atoms with Crippen molar-refractivity contribution in [3.63, 3.8) is 0 Å². The predicted molar refractivity (Wildman–Crippen MR) is 103 cm³/mol. The number of carbonyl (C=O) groups is 2. The number of fused-ring (bicyclic) bond motifs is 1. The first kappa shape index (κ1) is 22.2. The first-order valence-electron chi connectivity index (χ1n) is 8.79. The molecule has 1 N–H and O–H groups in total. The number of halogens is 3. The standard InChI is InChI=1S/C19H16F3N3O5S/c1-28-11-5-10(6-12(7-11)29-2)16(26)24-17-14(8-23)13-3-4-25(9-15(13)31-17)18(27)30-19(20,21)22/h5-7H,3-4,9H2,1-2H3,(H,24,26). The fourth-order valence-electron chi connectivity index (χ4n) is 3.04. The summed E-state index contributed by atoms with van der Waals surface area (Å²) in [5.41, 5.74) is 1.02. The van der Waals surface area contributed by atoms with Crippen LogP contribution in [-0.2, 0) is 17.7 Å². The van der Waals surface area contributed by atoms with Crippen LogP contribution < -0.4 is 14.8 Å². The van der Waals surface area contributed by atoms with Crippen LogP contribution in [0.5, 0.6) is 11.5 Å². The van der Waals surface area contributed by atoms with Crippen LogP contribution in [0, 0.1) is 11.3 Å². The van der Waals surface area contributed by atoms with Crippen molar-refractivity contribution in [2.45, 2.75) is 19.3 Å². The molecule has 1 aliphatic heterocycles. The summed E-state index contributed by atoms with van der Waals surface area (Å²) in [4.78, 5) is 25.8. The number of nitriles is 1. The molecule has 1 aliphatic rings. The molecular formula is C19H16F3N3O5S. The van der Waals surface area contributed by atoms with Gasteiger partial charge in [0.15, 0.2) is 0 Å². The average molecular weight is 455 g/mol. The molecule has 2 amide bonds. The van der Waals surface area contributed by atoms with Gasteiger partial charge in [0.25, 0.3) is 5.91 Å². The highest BCUT2D eigenvalue weighted by Crippen LogP contribution is 2.37. The lowest BCUT2D eigenvalue weighted by atomic mass is 10.0. The fourth-order valence-corrected chi connectivity index (χ4v) is 4.25. The zero-order chi connectivity index (χ0) is 22.8. The Hall–Kier alpha value is -3.46. The highest BCUT2D eigenvalue weighted by molar-refractivity contribution is 7.16. The van der Waals surface area contributed by atoms with Gasteiger partial charge in [-0.05, 0) is 24.1 Å². The van der Waals surface area contributed by atoms with Crippen LogP contribution in [0.2, 0.25) is 0 Å². The molecule has 31 heavy (non-hydrogen) atoms. The van der Waals surface area contributed by atoms with Gasteiger partial charge in [0.2, 0.25) is 0 Å². The van der Waals surface area contributed by atoms with Gasteiger partial charge in [0.05, 0.1) is 26.3 Å². The SMILES string of the molecule is COc1cc(OC)cc(C(=O)Nc2sc3c(c2C#N)CCN(C(=O)OC(F)(F)F)C3)c1. The smallest absolute Gasteiger partial charge is 0.497 e. The van der Waals surface area contributed by atoms with E-state index in [1.54, 1.807) is 6.07 Å². The molecular weight excluding hydrogens is 439 g/mol. The van der Waals surface area contributed by atoms with Gasteiger partial charge in [-0.25, -0.2) is 4.79 Å². The van der Waals surface area contributed by atoms with E-state index in [0.717, 1.165) is 16.2 Å². The number of alkyl halides is 3. The van der Waals surface area contributed by atoms with Crippen molar-refractivity contribution in [3.05, 3.63) is 39.8 Å². The Bertz CT molecular complexity index is 1040. The molecule has 2 aromatic rings. The second-order valence-corrected chi connectivity index (χ2v) is 7.47. The lowest BCUT2D eigenvalue weighted by Crippen LogP contribution is -2.38. The summed E-state index contributed by atoms with van der Waals surface area (Å²) < 4.78 is 50.7. The largest absolute Gasteiger partial charge is 0.576 e. The summed E-state index contributed by atoms with van der Waals surface area (Å²) in [6.45, 7) is -0.208. The molecule has 3 rings (SSSR count). The van der Waals surface area contributed by atoms with E-state index in [1.807, 2.05) is 6.07 Å². The third-order valence-electron chi connectivity index (χ3n) is 4.47. The minimum absolute atomic E-state index is 0.0478. The molecule has 164 valence electrons. The number of hydrogen-bond acceptors (Lipinski definition) is 7. The summed E-state index contributed by atoms with van der Waals surface area (Å²) in [5.74, 6) is 0.268. The van der Waals surface area contributed by atoms with Crippen molar-refractivity contribution in [3.8, 4) is 17.6 Å². The third-order valence-corrected chi connectivity index (χ3v) is 5.60. The van der Waals surface area contributed by atoms with Crippen LogP contribution in [0.25, 0.3) is 0 Å². The molecule has 0 unspecified atom stereocenters. The summed E-state index contributed by atoms with van der Waals surface area (Å²) in [5, 5.41) is 12.4. The third kappa shape index (κ3) is 5.00. The first-order chi connectivity index (χ1) is 14.6. The Morgan fingerprint density at radius 1 is 1.19 bits per heavy atom. The number of carbonyl (C=O) groups excluding carboxylic acids is 2. The maximum Gasteiger partial charge on any atom is 0.576 e. The summed E-state index contributed by atoms with van der Waals surface area (Å²) >= 11 is 1.02. The number of benzene rings is 1. The van der Waals surface area contributed by atoms with Gasteiger partial charge in [-0.2, -0.15) is 5.26 Å². The van der Waals surface area contributed by atoms with Gasteiger partial charge >= 0.3 is 12.5 Å². The van der Waals surface area contributed by atoms with Gasteiger partial charge in [0.1, 0.15) is 22.6 Å². The van der Waals surface area contributed by atoms with Crippen LogP contribution in [0.4, 0.5) is 23.0 Å². The normalized spacial score (nSPS) is 13.1. The summed E-state index contributed by atoms with van der Waals surface area (Å²) in [7, 11) is 2.88. The molecule has 0 spiro atoms. The van der Waals surface area contributed by atoms with E-state index in [2.05, 4.69) is 10.1 Å². The molecule has 0 radical (unpaired) electrons. The molecule has 2 heterocycles. The van der Waals surface area contributed by atoms with Crippen molar-refractivity contribution < 1.29 is 37.0 Å². The number of amides is 2. The van der Waals surface area contributed by atoms with Crippen LogP contribution >= 0.6 is 11.3 Å². The van der Waals surface area contributed by atoms with Crippen molar-refractivity contribution in [2.24, 2.45) is 0 Å². The highest BCUT2D eigenvalue weighted by Gasteiger charge is 2.37. The topological polar surface area (TPSA) is 101 Å². The molecule has 0 atom stereocenters. The zero-order valence-corrected chi connectivity index (χ0v) is 17.1. The maximum atomic E-state index is 12.7. The van der Waals surface area contributed by atoms with Crippen LogP contribution in [-0.4, -0.2) is 44.0 Å². The molecule has 1 aromatic carbocycles. The van der Waals surface area contributed by atoms with E-state index < -0.39 is 18.4 Å². The monoisotopic (exact) mass is 455 g/mol. The van der Waals surface area contributed by atoms with E-state index in [9.17, 15) is 28.0 Å². The fraction of sp³-hybridized carbons (Fsp3) is 0.316. The van der Waals surface area contributed by atoms with Crippen LogP contribution in [0.1, 0.15) is 26.4 Å². The second kappa shape index (κ2) is 8.73. The molecule has 1 aromatic heterocycles. The Morgan fingerprint density at radius 2 is 1.84 bits per heavy atom. The Morgan fingerprint density at radius 3 is 2.39 bits per heavy atom. The molecule has 8 nitrogen and oxygen atoms in total. The summed E-state index contributed by atoms with van der Waals surface area (Å²) in [6, 6.07) is 6.60. The number of nitrogens with zero attached hydrogens (tertiary/aromatic N) is 2. The number of nitrogens with one attached hydrogen (secondary N) is 1. The molecule has 0 fully saturated rings. The van der Waals surface area contributed by atoms with E-state index >= 15 is 0 Å². The second-order valence-electron chi connectivity index (χ2n) is 6.36. The first-order valence-corrected chi connectivity index (χ1v) is 9.60. The lowest BCUT2D eigenvalue weighted by molar-refractivity contribution is -0.295. The van der Waals surface area contributed by atoms with E-state index in [4.69, 9.17) is 9.47 Å². The van der Waals surface area contributed by atoms with Gasteiger partial charge in [0, 0.05) is 23.1 Å². The quantitative estimate of drug-likeness (QED) is 0.751. The van der Waals surface area contributed by atoms with Crippen molar-refractivity contribution in [1.82, 2.24) is 4.90 Å². The van der Waals surface area contributed by atoms with Gasteiger partial charge < -0.3 is 24.4 Å². The number of hydrogen-bond donors (Lipinski definition) is 1. The molecule has 0 bridgehead atoms. The number of ether oxygens (including phenoxy) is 3. The van der Waals surface area contributed by atoms with Crippen molar-refractivity contribution >= 4 is 28.3 Å². The Balaban J connectivity index is 1.83. The summed E-state index contributed by atoms with van der Waals surface area (Å²) in [6.07, 6.45) is -6.44. The zero-order valence-electron chi connectivity index (χ0n) is 16.3. The van der Waals surface area contributed by atoms with Gasteiger partial charge in [-0.3, -0.25) is 4.79 Å². The predicted octanol–water partition coefficient (Wildman–Crippen LogP) is 3.90. The van der Waals surface area contributed by atoms with Gasteiger partial charge in [-0.1, -0.05) is 0 Å². The maximum absolute atomic E-state index is 12.7. The molecule has 12 heteroatoms. The van der Waals surface area contributed by atoms with Crippen LogP contribution in [0.3, 0.4) is 0 Å². The molecule has 0 saturated heterocycles.